The molecule has 0 saturated carbocycles. The quantitative estimate of drug-likeness (QED) is 0.897. The van der Waals surface area contributed by atoms with Crippen LogP contribution in [0, 0.1) is 13.8 Å². The van der Waals surface area contributed by atoms with E-state index >= 15 is 0 Å². The van der Waals surface area contributed by atoms with Crippen LogP contribution >= 0.6 is 22.9 Å². The lowest BCUT2D eigenvalue weighted by molar-refractivity contribution is 0.219. The van der Waals surface area contributed by atoms with Crippen molar-refractivity contribution in [3.05, 3.63) is 38.3 Å². The van der Waals surface area contributed by atoms with Gasteiger partial charge in [-0.25, -0.2) is 0 Å². The van der Waals surface area contributed by atoms with Gasteiger partial charge in [-0.2, -0.15) is 5.10 Å². The zero-order chi connectivity index (χ0) is 11.9. The second-order valence-electron chi connectivity index (χ2n) is 3.75. The van der Waals surface area contributed by atoms with Crippen molar-refractivity contribution < 1.29 is 5.11 Å². The Balaban J connectivity index is 2.49. The van der Waals surface area contributed by atoms with Gasteiger partial charge in [0.2, 0.25) is 0 Å². The number of aliphatic hydroxyl groups excluding tert-OH is 1. The van der Waals surface area contributed by atoms with Crippen molar-refractivity contribution in [2.24, 2.45) is 7.05 Å². The molecule has 2 heterocycles. The number of halogens is 1. The lowest BCUT2D eigenvalue weighted by Crippen LogP contribution is -2.01. The number of aryl methyl sites for hydroxylation is 3. The van der Waals surface area contributed by atoms with Crippen LogP contribution in [0.15, 0.2) is 11.4 Å². The minimum Gasteiger partial charge on any atom is -0.383 e. The molecule has 0 radical (unpaired) electrons. The molecule has 0 fully saturated rings. The topological polar surface area (TPSA) is 38.0 Å². The number of aromatic nitrogens is 2. The van der Waals surface area contributed by atoms with E-state index in [0.717, 1.165) is 16.1 Å². The minimum atomic E-state index is -0.688. The molecule has 1 N–H and O–H groups in total. The smallest absolute Gasteiger partial charge is 0.133 e. The zero-order valence-corrected chi connectivity index (χ0v) is 10.9. The molecular formula is C11H13ClN2OS. The van der Waals surface area contributed by atoms with Gasteiger partial charge in [0.15, 0.2) is 0 Å². The highest BCUT2D eigenvalue weighted by atomic mass is 35.5. The second kappa shape index (κ2) is 4.20. The van der Waals surface area contributed by atoms with Crippen molar-refractivity contribution in [3.8, 4) is 0 Å². The van der Waals surface area contributed by atoms with E-state index in [2.05, 4.69) is 5.10 Å². The van der Waals surface area contributed by atoms with Crippen LogP contribution in [0.4, 0.5) is 0 Å². The number of hydrogen-bond acceptors (Lipinski definition) is 3. The normalized spacial score (nSPS) is 13.1. The van der Waals surface area contributed by atoms with Gasteiger partial charge in [0, 0.05) is 17.5 Å². The number of rotatable bonds is 2. The Morgan fingerprint density at radius 3 is 2.62 bits per heavy atom. The van der Waals surface area contributed by atoms with E-state index in [1.807, 2.05) is 25.3 Å². The van der Waals surface area contributed by atoms with Gasteiger partial charge in [-0.1, -0.05) is 11.6 Å². The van der Waals surface area contributed by atoms with Crippen molar-refractivity contribution in [1.29, 1.82) is 0 Å². The zero-order valence-electron chi connectivity index (χ0n) is 9.36. The third-order valence-corrected chi connectivity index (χ3v) is 3.97. The summed E-state index contributed by atoms with van der Waals surface area (Å²) in [5.74, 6) is 0. The molecule has 16 heavy (non-hydrogen) atoms. The average molecular weight is 257 g/mol. The molecule has 1 atom stereocenters. The van der Waals surface area contributed by atoms with E-state index in [1.165, 1.54) is 0 Å². The van der Waals surface area contributed by atoms with Crippen LogP contribution in [0.25, 0.3) is 0 Å². The summed E-state index contributed by atoms with van der Waals surface area (Å²) in [6, 6.07) is 1.92. The molecule has 0 aliphatic rings. The van der Waals surface area contributed by atoms with Gasteiger partial charge in [-0.3, -0.25) is 4.68 Å². The Kier molecular flexibility index (Phi) is 3.06. The summed E-state index contributed by atoms with van der Waals surface area (Å²) in [6.07, 6.45) is -0.688. The maximum atomic E-state index is 10.3. The Morgan fingerprint density at radius 2 is 2.19 bits per heavy atom. The second-order valence-corrected chi connectivity index (χ2v) is 5.23. The van der Waals surface area contributed by atoms with Crippen LogP contribution < -0.4 is 0 Å². The molecule has 5 heteroatoms. The number of nitrogens with zero attached hydrogens (tertiary/aromatic N) is 2. The Bertz CT molecular complexity index is 518. The van der Waals surface area contributed by atoms with Crippen LogP contribution in [0.5, 0.6) is 0 Å². The predicted molar refractivity (Wildman–Crippen MR) is 66.1 cm³/mol. The fraction of sp³-hybridized carbons (Fsp3) is 0.364. The van der Waals surface area contributed by atoms with E-state index in [9.17, 15) is 5.11 Å². The average Bonchev–Trinajstić information content (AvgIpc) is 2.73. The molecule has 0 amide bonds. The molecule has 86 valence electrons. The summed E-state index contributed by atoms with van der Waals surface area (Å²) in [4.78, 5) is 1.10. The maximum absolute atomic E-state index is 10.3. The van der Waals surface area contributed by atoms with Crippen LogP contribution in [-0.4, -0.2) is 14.9 Å². The van der Waals surface area contributed by atoms with Crippen molar-refractivity contribution >= 4 is 22.9 Å². The van der Waals surface area contributed by atoms with E-state index in [0.29, 0.717) is 10.7 Å². The third-order valence-electron chi connectivity index (χ3n) is 2.66. The fourth-order valence-corrected chi connectivity index (χ4v) is 2.80. The first-order valence-electron chi connectivity index (χ1n) is 4.93. The summed E-state index contributed by atoms with van der Waals surface area (Å²) in [6.45, 7) is 3.84. The number of aliphatic hydroxyl groups is 1. The number of hydrogen-bond donors (Lipinski definition) is 1. The molecule has 0 aliphatic heterocycles. The van der Waals surface area contributed by atoms with Crippen molar-refractivity contribution in [2.45, 2.75) is 20.0 Å². The van der Waals surface area contributed by atoms with Crippen LogP contribution in [0.3, 0.4) is 0 Å². The monoisotopic (exact) mass is 256 g/mol. The molecule has 3 nitrogen and oxygen atoms in total. The van der Waals surface area contributed by atoms with Gasteiger partial charge in [-0.15, -0.1) is 11.3 Å². The highest BCUT2D eigenvalue weighted by Gasteiger charge is 2.22. The molecule has 0 spiro atoms. The standard InChI is InChI=1S/C11H13ClN2OS/c1-6-9(11(12)14(3)13-6)10(15)8-4-5-16-7(8)2/h4-5,10,15H,1-3H3. The van der Waals surface area contributed by atoms with Gasteiger partial charge in [0.05, 0.1) is 5.69 Å². The molecule has 2 aromatic heterocycles. The van der Waals surface area contributed by atoms with Crippen LogP contribution in [0.2, 0.25) is 5.15 Å². The van der Waals surface area contributed by atoms with E-state index < -0.39 is 6.10 Å². The van der Waals surface area contributed by atoms with Gasteiger partial charge in [0.25, 0.3) is 0 Å². The van der Waals surface area contributed by atoms with Gasteiger partial charge in [0.1, 0.15) is 11.3 Å². The fourth-order valence-electron chi connectivity index (χ4n) is 1.79. The first-order chi connectivity index (χ1) is 7.52. The largest absolute Gasteiger partial charge is 0.383 e. The first-order valence-corrected chi connectivity index (χ1v) is 6.19. The SMILES string of the molecule is Cc1nn(C)c(Cl)c1C(O)c1ccsc1C. The minimum absolute atomic E-state index is 0.496. The van der Waals surface area contributed by atoms with Crippen LogP contribution in [0.1, 0.15) is 27.8 Å². The van der Waals surface area contributed by atoms with Gasteiger partial charge < -0.3 is 5.11 Å². The Hall–Kier alpha value is -0.840. The predicted octanol–water partition coefficient (Wildman–Crippen LogP) is 2.83. The summed E-state index contributed by atoms with van der Waals surface area (Å²) >= 11 is 7.74. The Morgan fingerprint density at radius 1 is 1.50 bits per heavy atom. The third kappa shape index (κ3) is 1.77. The molecule has 0 aliphatic carbocycles. The van der Waals surface area contributed by atoms with E-state index in [1.54, 1.807) is 23.1 Å². The molecular weight excluding hydrogens is 244 g/mol. The summed E-state index contributed by atoms with van der Waals surface area (Å²) < 4.78 is 1.58. The summed E-state index contributed by atoms with van der Waals surface area (Å²) in [5.41, 5.74) is 2.37. The summed E-state index contributed by atoms with van der Waals surface area (Å²) in [5, 5.41) is 17.0. The summed E-state index contributed by atoms with van der Waals surface area (Å²) in [7, 11) is 1.77. The molecule has 2 rings (SSSR count). The molecule has 0 saturated heterocycles. The van der Waals surface area contributed by atoms with Gasteiger partial charge in [-0.05, 0) is 30.9 Å². The molecule has 0 bridgehead atoms. The maximum Gasteiger partial charge on any atom is 0.133 e. The highest BCUT2D eigenvalue weighted by Crippen LogP contribution is 2.33. The van der Waals surface area contributed by atoms with E-state index in [-0.39, 0.29) is 0 Å². The lowest BCUT2D eigenvalue weighted by Gasteiger charge is -2.10. The lowest BCUT2D eigenvalue weighted by atomic mass is 10.0. The van der Waals surface area contributed by atoms with E-state index in [4.69, 9.17) is 11.6 Å². The van der Waals surface area contributed by atoms with Crippen molar-refractivity contribution in [1.82, 2.24) is 9.78 Å². The molecule has 1 unspecified atom stereocenters. The van der Waals surface area contributed by atoms with Crippen LogP contribution in [-0.2, 0) is 7.05 Å². The Labute approximate surface area is 103 Å². The molecule has 2 aromatic rings. The number of thiophene rings is 1. The van der Waals surface area contributed by atoms with Crippen molar-refractivity contribution in [2.75, 3.05) is 0 Å². The van der Waals surface area contributed by atoms with Crippen molar-refractivity contribution in [3.63, 3.8) is 0 Å². The van der Waals surface area contributed by atoms with Gasteiger partial charge >= 0.3 is 0 Å². The highest BCUT2D eigenvalue weighted by molar-refractivity contribution is 7.10. The first kappa shape index (κ1) is 11.6. The molecule has 0 aromatic carbocycles.